The molecule has 2 aromatic carbocycles. The molecule has 2 N–H and O–H groups in total. The number of unbranched alkanes of at least 4 members (excludes halogenated alkanes) is 9. The van der Waals surface area contributed by atoms with Gasteiger partial charge in [-0.15, -0.1) is 11.3 Å². The Morgan fingerprint density at radius 2 is 1.11 bits per heavy atom. The van der Waals surface area contributed by atoms with Crippen molar-refractivity contribution in [3.05, 3.63) is 98.2 Å². The second-order valence-corrected chi connectivity index (χ2v) is 11.8. The van der Waals surface area contributed by atoms with E-state index >= 15 is 0 Å². The van der Waals surface area contributed by atoms with Crippen molar-refractivity contribution in [3.8, 4) is 0 Å². The average molecular weight is 669 g/mol. The summed E-state index contributed by atoms with van der Waals surface area (Å²) in [5, 5.41) is 53.2. The SMILES string of the molecule is CCCCCCCCCCCCc1cc(/C=N/Nc2ccc([N+](=O)[O-])cc2[N+](=O)[O-])sc1/C=N/Nc1ccc([N+](=O)[O-])cc1[N+](=O)[O-]. The highest BCUT2D eigenvalue weighted by molar-refractivity contribution is 7.15. The van der Waals surface area contributed by atoms with E-state index in [1.54, 1.807) is 0 Å². The zero-order valence-electron chi connectivity index (χ0n) is 25.8. The molecule has 1 aromatic heterocycles. The van der Waals surface area contributed by atoms with Gasteiger partial charge in [0.15, 0.2) is 0 Å². The minimum Gasteiger partial charge on any atom is -0.272 e. The van der Waals surface area contributed by atoms with Gasteiger partial charge in [0.05, 0.1) is 49.1 Å². The molecule has 0 bridgehead atoms. The van der Waals surface area contributed by atoms with Gasteiger partial charge in [-0.1, -0.05) is 64.7 Å². The van der Waals surface area contributed by atoms with E-state index in [0.29, 0.717) is 4.88 Å². The monoisotopic (exact) mass is 668 g/mol. The molecule has 3 rings (SSSR count). The van der Waals surface area contributed by atoms with E-state index in [2.05, 4.69) is 28.0 Å². The minimum absolute atomic E-state index is 0.0136. The maximum Gasteiger partial charge on any atom is 0.301 e. The second kappa shape index (κ2) is 18.6. The number of nitrogens with one attached hydrogen (secondary N) is 2. The van der Waals surface area contributed by atoms with Gasteiger partial charge < -0.3 is 0 Å². The standard InChI is InChI=1S/C30H36N8O8S/c1-2-3-4-5-6-7-8-9-10-11-12-22-17-25(20-31-33-26-15-13-23(35(39)40)18-28(26)37(43)44)47-30(22)21-32-34-27-16-14-24(36(41)42)19-29(27)38(45)46/h13-21,33-34H,2-12H2,1H3/b31-20+,32-21+. The number of nitro benzene ring substituents is 4. The van der Waals surface area contributed by atoms with Crippen LogP contribution in [-0.2, 0) is 6.42 Å². The molecular formula is C30H36N8O8S. The van der Waals surface area contributed by atoms with Gasteiger partial charge in [0.25, 0.3) is 11.4 Å². The molecule has 0 saturated heterocycles. The molecular weight excluding hydrogens is 632 g/mol. The lowest BCUT2D eigenvalue weighted by atomic mass is 10.0. The van der Waals surface area contributed by atoms with Crippen LogP contribution in [0.4, 0.5) is 34.1 Å². The van der Waals surface area contributed by atoms with Gasteiger partial charge in [-0.2, -0.15) is 10.2 Å². The van der Waals surface area contributed by atoms with Crippen molar-refractivity contribution in [2.75, 3.05) is 10.9 Å². The molecule has 0 aliphatic rings. The molecule has 0 aliphatic heterocycles. The second-order valence-electron chi connectivity index (χ2n) is 10.6. The number of hydrogen-bond acceptors (Lipinski definition) is 13. The Hall–Kier alpha value is -5.32. The van der Waals surface area contributed by atoms with E-state index in [0.717, 1.165) is 60.4 Å². The van der Waals surface area contributed by atoms with Crippen molar-refractivity contribution < 1.29 is 19.7 Å². The Bertz CT molecular complexity index is 1630. The quantitative estimate of drug-likeness (QED) is 0.0475. The Morgan fingerprint density at radius 1 is 0.638 bits per heavy atom. The summed E-state index contributed by atoms with van der Waals surface area (Å²) in [4.78, 5) is 43.5. The number of thiophene rings is 1. The van der Waals surface area contributed by atoms with Gasteiger partial charge in [-0.25, -0.2) is 0 Å². The molecule has 0 unspecified atom stereocenters. The maximum atomic E-state index is 11.5. The summed E-state index contributed by atoms with van der Waals surface area (Å²) < 4.78 is 0. The van der Waals surface area contributed by atoms with E-state index in [9.17, 15) is 40.5 Å². The van der Waals surface area contributed by atoms with E-state index in [-0.39, 0.29) is 11.4 Å². The predicted molar refractivity (Wildman–Crippen MR) is 182 cm³/mol. The number of aryl methyl sites for hydroxylation is 1. The minimum atomic E-state index is -0.739. The predicted octanol–water partition coefficient (Wildman–Crippen LogP) is 8.74. The molecule has 3 aromatic rings. The van der Waals surface area contributed by atoms with Crippen LogP contribution >= 0.6 is 11.3 Å². The number of nitro groups is 4. The first-order valence-corrected chi connectivity index (χ1v) is 16.0. The summed E-state index contributed by atoms with van der Waals surface area (Å²) in [6.45, 7) is 2.20. The fourth-order valence-electron chi connectivity index (χ4n) is 4.72. The third-order valence-electron chi connectivity index (χ3n) is 7.18. The van der Waals surface area contributed by atoms with Crippen LogP contribution in [0.5, 0.6) is 0 Å². The molecule has 0 spiro atoms. The van der Waals surface area contributed by atoms with E-state index in [4.69, 9.17) is 0 Å². The number of anilines is 2. The lowest BCUT2D eigenvalue weighted by Crippen LogP contribution is -1.99. The highest BCUT2D eigenvalue weighted by Crippen LogP contribution is 2.30. The summed E-state index contributed by atoms with van der Waals surface area (Å²) in [5.74, 6) is 0. The Kier molecular flexibility index (Phi) is 14.3. The fraction of sp³-hybridized carbons (Fsp3) is 0.400. The van der Waals surface area contributed by atoms with Crippen molar-refractivity contribution >= 4 is 57.9 Å². The number of rotatable bonds is 21. The van der Waals surface area contributed by atoms with Crippen molar-refractivity contribution in [1.82, 2.24) is 0 Å². The summed E-state index contributed by atoms with van der Waals surface area (Å²) in [7, 11) is 0. The Balaban J connectivity index is 1.72. The van der Waals surface area contributed by atoms with Crippen LogP contribution in [-0.4, -0.2) is 32.1 Å². The molecule has 0 saturated carbocycles. The number of nitrogens with zero attached hydrogens (tertiary/aromatic N) is 6. The highest BCUT2D eigenvalue weighted by atomic mass is 32.1. The normalized spacial score (nSPS) is 11.3. The number of hydrazone groups is 2. The van der Waals surface area contributed by atoms with Crippen molar-refractivity contribution in [1.29, 1.82) is 0 Å². The van der Waals surface area contributed by atoms with Crippen LogP contribution in [0.25, 0.3) is 0 Å². The highest BCUT2D eigenvalue weighted by Gasteiger charge is 2.20. The molecule has 0 amide bonds. The van der Waals surface area contributed by atoms with Crippen LogP contribution in [0, 0.1) is 40.5 Å². The summed E-state index contributed by atoms with van der Waals surface area (Å²) in [5.41, 5.74) is 4.28. The van der Waals surface area contributed by atoms with E-state index in [1.807, 2.05) is 6.07 Å². The Labute approximate surface area is 274 Å². The lowest BCUT2D eigenvalue weighted by molar-refractivity contribution is -0.393. The third kappa shape index (κ3) is 11.5. The summed E-state index contributed by atoms with van der Waals surface area (Å²) >= 11 is 1.32. The van der Waals surface area contributed by atoms with Gasteiger partial charge in [0.1, 0.15) is 11.4 Å². The molecule has 0 atom stereocenters. The van der Waals surface area contributed by atoms with Crippen LogP contribution in [0.15, 0.2) is 52.7 Å². The first-order chi connectivity index (χ1) is 22.6. The molecule has 0 fully saturated rings. The van der Waals surface area contributed by atoms with Crippen molar-refractivity contribution in [2.24, 2.45) is 10.2 Å². The van der Waals surface area contributed by atoms with Gasteiger partial charge in [0.2, 0.25) is 0 Å². The smallest absolute Gasteiger partial charge is 0.272 e. The van der Waals surface area contributed by atoms with Crippen molar-refractivity contribution in [2.45, 2.75) is 77.6 Å². The van der Waals surface area contributed by atoms with Crippen molar-refractivity contribution in [3.63, 3.8) is 0 Å². The molecule has 0 radical (unpaired) electrons. The fourth-order valence-corrected chi connectivity index (χ4v) is 5.68. The molecule has 17 heteroatoms. The van der Waals surface area contributed by atoms with Crippen LogP contribution in [0.2, 0.25) is 0 Å². The number of hydrogen-bond donors (Lipinski definition) is 2. The molecule has 0 aliphatic carbocycles. The summed E-state index contributed by atoms with van der Waals surface area (Å²) in [6.07, 6.45) is 15.5. The van der Waals surface area contributed by atoms with E-state index in [1.165, 1.54) is 80.8 Å². The van der Waals surface area contributed by atoms with Gasteiger partial charge in [-0.3, -0.25) is 51.3 Å². The van der Waals surface area contributed by atoms with Gasteiger partial charge in [0, 0.05) is 17.0 Å². The third-order valence-corrected chi connectivity index (χ3v) is 8.23. The Morgan fingerprint density at radius 3 is 1.57 bits per heavy atom. The average Bonchev–Trinajstić information content (AvgIpc) is 3.42. The molecule has 1 heterocycles. The van der Waals surface area contributed by atoms with Gasteiger partial charge in [-0.05, 0) is 36.6 Å². The lowest BCUT2D eigenvalue weighted by Gasteiger charge is -2.03. The molecule has 47 heavy (non-hydrogen) atoms. The molecule has 250 valence electrons. The zero-order valence-corrected chi connectivity index (χ0v) is 26.6. The first-order valence-electron chi connectivity index (χ1n) is 15.2. The van der Waals surface area contributed by atoms with E-state index < -0.39 is 42.4 Å². The number of non-ortho nitro benzene ring substituents is 2. The van der Waals surface area contributed by atoms with Crippen LogP contribution < -0.4 is 10.9 Å². The topological polar surface area (TPSA) is 221 Å². The largest absolute Gasteiger partial charge is 0.301 e. The van der Waals surface area contributed by atoms with Crippen LogP contribution in [0.1, 0.15) is 86.4 Å². The van der Waals surface area contributed by atoms with Crippen LogP contribution in [0.3, 0.4) is 0 Å². The first kappa shape index (κ1) is 36.2. The van der Waals surface area contributed by atoms with Gasteiger partial charge >= 0.3 is 11.4 Å². The summed E-state index contributed by atoms with van der Waals surface area (Å²) in [6, 6.07) is 8.32. The number of benzene rings is 2. The maximum absolute atomic E-state index is 11.5. The molecule has 16 nitrogen and oxygen atoms in total. The zero-order chi connectivity index (χ0) is 34.2.